The van der Waals surface area contributed by atoms with Gasteiger partial charge < -0.3 is 10.2 Å². The molecule has 2 fully saturated rings. The predicted molar refractivity (Wildman–Crippen MR) is 110 cm³/mol. The van der Waals surface area contributed by atoms with E-state index in [2.05, 4.69) is 46.4 Å². The number of hydrogen-bond donors (Lipinski definition) is 1. The number of nitrogens with zero attached hydrogens (tertiary/aromatic N) is 3. The average molecular weight is 399 g/mol. The zero-order valence-electron chi connectivity index (χ0n) is 16.2. The van der Waals surface area contributed by atoms with E-state index in [4.69, 9.17) is 0 Å². The monoisotopic (exact) mass is 398 g/mol. The molecule has 1 aromatic heterocycles. The Balaban J connectivity index is 1.25. The van der Waals surface area contributed by atoms with Crippen LogP contribution in [0.4, 0.5) is 0 Å². The van der Waals surface area contributed by atoms with E-state index >= 15 is 0 Å². The molecule has 1 N–H and O–H groups in total. The third kappa shape index (κ3) is 4.97. The molecule has 1 aliphatic heterocycles. The number of aromatic nitrogens is 1. The van der Waals surface area contributed by atoms with E-state index in [1.165, 1.54) is 5.56 Å². The molecule has 0 spiro atoms. The molecule has 7 heteroatoms. The van der Waals surface area contributed by atoms with E-state index < -0.39 is 0 Å². The highest BCUT2D eigenvalue weighted by Gasteiger charge is 2.26. The highest BCUT2D eigenvalue weighted by molar-refractivity contribution is 7.13. The van der Waals surface area contributed by atoms with Crippen LogP contribution >= 0.6 is 11.3 Å². The van der Waals surface area contributed by atoms with Crippen LogP contribution < -0.4 is 5.32 Å². The van der Waals surface area contributed by atoms with Gasteiger partial charge in [0, 0.05) is 43.2 Å². The Labute approximate surface area is 169 Å². The number of benzene rings is 1. The summed E-state index contributed by atoms with van der Waals surface area (Å²) in [6.07, 6.45) is 2.55. The molecule has 1 saturated carbocycles. The van der Waals surface area contributed by atoms with Gasteiger partial charge in [0.2, 0.25) is 11.8 Å². The molecule has 148 valence electrons. The molecule has 2 aromatic rings. The van der Waals surface area contributed by atoms with Crippen LogP contribution in [0.3, 0.4) is 0 Å². The van der Waals surface area contributed by atoms with Crippen molar-refractivity contribution >= 4 is 23.2 Å². The number of hydrogen-bond acceptors (Lipinski definition) is 5. The summed E-state index contributed by atoms with van der Waals surface area (Å²) in [4.78, 5) is 33.2. The molecule has 0 atom stereocenters. The zero-order chi connectivity index (χ0) is 19.5. The zero-order valence-corrected chi connectivity index (χ0v) is 17.0. The first kappa shape index (κ1) is 19.1. The van der Waals surface area contributed by atoms with Crippen LogP contribution in [0.5, 0.6) is 0 Å². The average Bonchev–Trinajstić information content (AvgIpc) is 3.37. The summed E-state index contributed by atoms with van der Waals surface area (Å²) < 4.78 is 0. The largest absolute Gasteiger partial charge is 0.352 e. The van der Waals surface area contributed by atoms with Crippen LogP contribution in [0.1, 0.15) is 24.1 Å². The Kier molecular flexibility index (Phi) is 5.73. The fourth-order valence-corrected chi connectivity index (χ4v) is 4.17. The van der Waals surface area contributed by atoms with E-state index in [1.54, 1.807) is 11.3 Å². The lowest BCUT2D eigenvalue weighted by Crippen LogP contribution is -2.51. The molecular formula is C21H26N4O2S. The standard InChI is InChI=1S/C21H26N4O2S/c1-15-2-4-16(5-3-15)21-23-18(14-28-21)12-20(27)25-10-8-24(9-11-25)13-19(26)22-17-6-7-17/h2-5,14,17H,6-13H2,1H3,(H,22,26). The number of nitrogens with one attached hydrogen (secondary N) is 1. The van der Waals surface area contributed by atoms with Crippen molar-refractivity contribution in [2.24, 2.45) is 0 Å². The normalized spacial score (nSPS) is 17.5. The first-order valence-electron chi connectivity index (χ1n) is 9.88. The molecule has 1 aromatic carbocycles. The molecule has 0 radical (unpaired) electrons. The number of piperazine rings is 1. The Hall–Kier alpha value is -2.25. The van der Waals surface area contributed by atoms with E-state index in [9.17, 15) is 9.59 Å². The van der Waals surface area contributed by atoms with Crippen molar-refractivity contribution < 1.29 is 9.59 Å². The van der Waals surface area contributed by atoms with Gasteiger partial charge in [-0.1, -0.05) is 29.8 Å². The third-order valence-corrected chi connectivity index (χ3v) is 6.16. The maximum absolute atomic E-state index is 12.6. The molecule has 0 unspecified atom stereocenters. The summed E-state index contributed by atoms with van der Waals surface area (Å²) in [5.41, 5.74) is 3.14. The third-order valence-electron chi connectivity index (χ3n) is 5.22. The number of thiazole rings is 1. The predicted octanol–water partition coefficient (Wildman–Crippen LogP) is 2.08. The van der Waals surface area contributed by atoms with Gasteiger partial charge in [-0.05, 0) is 19.8 Å². The second-order valence-corrected chi connectivity index (χ2v) is 8.54. The molecule has 0 bridgehead atoms. The van der Waals surface area contributed by atoms with Gasteiger partial charge in [0.1, 0.15) is 5.01 Å². The quantitative estimate of drug-likeness (QED) is 0.809. The minimum Gasteiger partial charge on any atom is -0.352 e. The van der Waals surface area contributed by atoms with Gasteiger partial charge in [-0.25, -0.2) is 4.98 Å². The van der Waals surface area contributed by atoms with Gasteiger partial charge in [0.15, 0.2) is 0 Å². The van der Waals surface area contributed by atoms with Gasteiger partial charge in [0.25, 0.3) is 0 Å². The summed E-state index contributed by atoms with van der Waals surface area (Å²) in [7, 11) is 0. The highest BCUT2D eigenvalue weighted by atomic mass is 32.1. The summed E-state index contributed by atoms with van der Waals surface area (Å²) in [6, 6.07) is 8.69. The molecular weight excluding hydrogens is 372 g/mol. The lowest BCUT2D eigenvalue weighted by molar-refractivity contribution is -0.132. The summed E-state index contributed by atoms with van der Waals surface area (Å²) in [5, 5.41) is 5.95. The fraction of sp³-hybridized carbons (Fsp3) is 0.476. The Morgan fingerprint density at radius 1 is 1.14 bits per heavy atom. The first-order valence-corrected chi connectivity index (χ1v) is 10.8. The Morgan fingerprint density at radius 3 is 2.54 bits per heavy atom. The maximum Gasteiger partial charge on any atom is 0.234 e. The fourth-order valence-electron chi connectivity index (χ4n) is 3.34. The van der Waals surface area contributed by atoms with Crippen molar-refractivity contribution in [2.75, 3.05) is 32.7 Å². The lowest BCUT2D eigenvalue weighted by atomic mass is 10.2. The molecule has 2 aliphatic rings. The van der Waals surface area contributed by atoms with Crippen LogP contribution in [-0.4, -0.2) is 65.4 Å². The summed E-state index contributed by atoms with van der Waals surface area (Å²) >= 11 is 1.58. The van der Waals surface area contributed by atoms with Crippen LogP contribution in [0.25, 0.3) is 10.6 Å². The van der Waals surface area contributed by atoms with E-state index in [-0.39, 0.29) is 11.8 Å². The maximum atomic E-state index is 12.6. The number of carbonyl (C=O) groups excluding carboxylic acids is 2. The van der Waals surface area contributed by atoms with Gasteiger partial charge >= 0.3 is 0 Å². The number of carbonyl (C=O) groups is 2. The van der Waals surface area contributed by atoms with Gasteiger partial charge in [-0.2, -0.15) is 0 Å². The Bertz CT molecular complexity index is 836. The number of rotatable bonds is 6. The molecule has 2 amide bonds. The van der Waals surface area contributed by atoms with Gasteiger partial charge in [-0.15, -0.1) is 11.3 Å². The van der Waals surface area contributed by atoms with Gasteiger partial charge in [0.05, 0.1) is 18.7 Å². The molecule has 4 rings (SSSR count). The van der Waals surface area contributed by atoms with Crippen molar-refractivity contribution in [2.45, 2.75) is 32.2 Å². The molecule has 1 saturated heterocycles. The van der Waals surface area contributed by atoms with Crippen molar-refractivity contribution in [3.63, 3.8) is 0 Å². The minimum atomic E-state index is 0.105. The second-order valence-electron chi connectivity index (χ2n) is 7.69. The van der Waals surface area contributed by atoms with Crippen LogP contribution in [0.2, 0.25) is 0 Å². The van der Waals surface area contributed by atoms with Gasteiger partial charge in [-0.3, -0.25) is 14.5 Å². The molecule has 6 nitrogen and oxygen atoms in total. The number of amides is 2. The van der Waals surface area contributed by atoms with Crippen molar-refractivity contribution in [3.05, 3.63) is 40.9 Å². The van der Waals surface area contributed by atoms with Crippen LogP contribution in [0.15, 0.2) is 29.6 Å². The highest BCUT2D eigenvalue weighted by Crippen LogP contribution is 2.24. The lowest BCUT2D eigenvalue weighted by Gasteiger charge is -2.34. The summed E-state index contributed by atoms with van der Waals surface area (Å²) in [6.45, 7) is 5.33. The first-order chi connectivity index (χ1) is 13.6. The minimum absolute atomic E-state index is 0.105. The second kappa shape index (κ2) is 8.41. The van der Waals surface area contributed by atoms with Crippen molar-refractivity contribution in [1.82, 2.24) is 20.1 Å². The number of aryl methyl sites for hydroxylation is 1. The van der Waals surface area contributed by atoms with Crippen molar-refractivity contribution in [3.8, 4) is 10.6 Å². The topological polar surface area (TPSA) is 65.5 Å². The Morgan fingerprint density at radius 2 is 1.86 bits per heavy atom. The molecule has 2 heterocycles. The van der Waals surface area contributed by atoms with E-state index in [0.29, 0.717) is 32.1 Å². The van der Waals surface area contributed by atoms with E-state index in [1.807, 2.05) is 10.3 Å². The molecule has 28 heavy (non-hydrogen) atoms. The van der Waals surface area contributed by atoms with Crippen molar-refractivity contribution in [1.29, 1.82) is 0 Å². The van der Waals surface area contributed by atoms with E-state index in [0.717, 1.165) is 42.2 Å². The van der Waals surface area contributed by atoms with Crippen LogP contribution in [-0.2, 0) is 16.0 Å². The SMILES string of the molecule is Cc1ccc(-c2nc(CC(=O)N3CCN(CC(=O)NC4CC4)CC3)cs2)cc1. The van der Waals surface area contributed by atoms with Crippen LogP contribution in [0, 0.1) is 6.92 Å². The molecule has 1 aliphatic carbocycles. The smallest absolute Gasteiger partial charge is 0.234 e. The summed E-state index contributed by atoms with van der Waals surface area (Å²) in [5.74, 6) is 0.219.